The molecule has 0 bridgehead atoms. The van der Waals surface area contributed by atoms with Crippen molar-refractivity contribution >= 4 is 15.9 Å². The van der Waals surface area contributed by atoms with Crippen molar-refractivity contribution in [3.8, 4) is 5.75 Å². The summed E-state index contributed by atoms with van der Waals surface area (Å²) in [6.45, 7) is 4.08. The Labute approximate surface area is 179 Å². The van der Waals surface area contributed by atoms with Crippen molar-refractivity contribution in [3.05, 3.63) is 59.2 Å². The van der Waals surface area contributed by atoms with Crippen molar-refractivity contribution < 1.29 is 31.1 Å². The molecule has 1 amide bonds. The van der Waals surface area contributed by atoms with Gasteiger partial charge in [0, 0.05) is 26.2 Å². The molecule has 1 aliphatic heterocycles. The molecule has 1 saturated heterocycles. The molecule has 0 aromatic heterocycles. The highest BCUT2D eigenvalue weighted by atomic mass is 32.2. The largest absolute Gasteiger partial charge is 0.483 e. The molecular weight excluding hydrogens is 433 g/mol. The summed E-state index contributed by atoms with van der Waals surface area (Å²) in [7, 11) is -3.94. The fourth-order valence-corrected chi connectivity index (χ4v) is 4.82. The standard InChI is InChI=1S/C21H23F3N2O4S/c1-15-4-3-5-16(2)20(15)30-14-19(27)25-10-12-26(13-11-25)31(28,29)18-8-6-17(7-9-18)21(22,23)24/h3-9H,10-14H2,1-2H3. The van der Waals surface area contributed by atoms with E-state index in [2.05, 4.69) is 0 Å². The normalized spacial score (nSPS) is 15.7. The summed E-state index contributed by atoms with van der Waals surface area (Å²) in [6.07, 6.45) is -4.53. The number of rotatable bonds is 5. The number of hydrogen-bond donors (Lipinski definition) is 0. The molecule has 1 fully saturated rings. The van der Waals surface area contributed by atoms with E-state index in [1.54, 1.807) is 0 Å². The lowest BCUT2D eigenvalue weighted by molar-refractivity contribution is -0.137. The van der Waals surface area contributed by atoms with Gasteiger partial charge in [0.1, 0.15) is 5.75 Å². The lowest BCUT2D eigenvalue weighted by Crippen LogP contribution is -2.51. The number of alkyl halides is 3. The van der Waals surface area contributed by atoms with Gasteiger partial charge in [0.25, 0.3) is 5.91 Å². The Balaban J connectivity index is 1.59. The van der Waals surface area contributed by atoms with Crippen LogP contribution in [0.25, 0.3) is 0 Å². The second-order valence-electron chi connectivity index (χ2n) is 7.32. The third-order valence-electron chi connectivity index (χ3n) is 5.16. The molecule has 168 valence electrons. The Morgan fingerprint density at radius 2 is 1.52 bits per heavy atom. The van der Waals surface area contributed by atoms with Gasteiger partial charge in [0.05, 0.1) is 10.5 Å². The van der Waals surface area contributed by atoms with Crippen LogP contribution >= 0.6 is 0 Å². The molecule has 0 radical (unpaired) electrons. The first-order valence-electron chi connectivity index (χ1n) is 9.64. The third-order valence-corrected chi connectivity index (χ3v) is 7.07. The van der Waals surface area contributed by atoms with Crippen molar-refractivity contribution in [2.45, 2.75) is 24.9 Å². The van der Waals surface area contributed by atoms with Gasteiger partial charge in [-0.2, -0.15) is 17.5 Å². The average molecular weight is 456 g/mol. The zero-order valence-electron chi connectivity index (χ0n) is 17.1. The van der Waals surface area contributed by atoms with Crippen molar-refractivity contribution in [1.82, 2.24) is 9.21 Å². The topological polar surface area (TPSA) is 66.9 Å². The van der Waals surface area contributed by atoms with Crippen LogP contribution in [0.4, 0.5) is 13.2 Å². The molecule has 0 saturated carbocycles. The molecular formula is C21H23F3N2O4S. The maximum Gasteiger partial charge on any atom is 0.416 e. The predicted octanol–water partition coefficient (Wildman–Crippen LogP) is 3.23. The van der Waals surface area contributed by atoms with E-state index in [9.17, 15) is 26.4 Å². The number of benzene rings is 2. The van der Waals surface area contributed by atoms with Gasteiger partial charge in [0.15, 0.2) is 6.61 Å². The predicted molar refractivity (Wildman–Crippen MR) is 108 cm³/mol. The maximum atomic E-state index is 12.7. The number of hydrogen-bond acceptors (Lipinski definition) is 4. The SMILES string of the molecule is Cc1cccc(C)c1OCC(=O)N1CCN(S(=O)(=O)c2ccc(C(F)(F)F)cc2)CC1. The summed E-state index contributed by atoms with van der Waals surface area (Å²) in [5, 5.41) is 0. The number of para-hydroxylation sites is 1. The second-order valence-corrected chi connectivity index (χ2v) is 9.25. The van der Waals surface area contributed by atoms with Gasteiger partial charge in [-0.3, -0.25) is 4.79 Å². The molecule has 1 heterocycles. The van der Waals surface area contributed by atoms with Crippen LogP contribution in [0.3, 0.4) is 0 Å². The van der Waals surface area contributed by atoms with E-state index >= 15 is 0 Å². The maximum absolute atomic E-state index is 12.7. The minimum absolute atomic E-state index is 0.0541. The van der Waals surface area contributed by atoms with Gasteiger partial charge in [-0.1, -0.05) is 18.2 Å². The first-order valence-corrected chi connectivity index (χ1v) is 11.1. The van der Waals surface area contributed by atoms with Crippen LogP contribution in [0.5, 0.6) is 5.75 Å². The van der Waals surface area contributed by atoms with Crippen LogP contribution in [0.1, 0.15) is 16.7 Å². The number of sulfonamides is 1. The van der Waals surface area contributed by atoms with E-state index in [4.69, 9.17) is 4.74 Å². The van der Waals surface area contributed by atoms with E-state index in [-0.39, 0.29) is 43.6 Å². The summed E-state index contributed by atoms with van der Waals surface area (Å²) >= 11 is 0. The van der Waals surface area contributed by atoms with Gasteiger partial charge in [0.2, 0.25) is 10.0 Å². The molecule has 6 nitrogen and oxygen atoms in total. The van der Waals surface area contributed by atoms with Crippen LogP contribution in [0.15, 0.2) is 47.4 Å². The smallest absolute Gasteiger partial charge is 0.416 e. The van der Waals surface area contributed by atoms with Crippen molar-refractivity contribution in [1.29, 1.82) is 0 Å². The second kappa shape index (κ2) is 8.88. The summed E-state index contributed by atoms with van der Waals surface area (Å²) in [4.78, 5) is 13.8. The number of halogens is 3. The van der Waals surface area contributed by atoms with Crippen LogP contribution < -0.4 is 4.74 Å². The lowest BCUT2D eigenvalue weighted by atomic mass is 10.1. The highest BCUT2D eigenvalue weighted by Gasteiger charge is 2.33. The number of aryl methyl sites for hydroxylation is 2. The number of carbonyl (C=O) groups is 1. The van der Waals surface area contributed by atoms with Gasteiger partial charge in [-0.15, -0.1) is 0 Å². The lowest BCUT2D eigenvalue weighted by Gasteiger charge is -2.34. The van der Waals surface area contributed by atoms with Crippen LogP contribution in [-0.2, 0) is 21.0 Å². The molecule has 0 atom stereocenters. The number of nitrogens with zero attached hydrogens (tertiary/aromatic N) is 2. The van der Waals surface area contributed by atoms with E-state index in [1.807, 2.05) is 32.0 Å². The van der Waals surface area contributed by atoms with Crippen LogP contribution in [-0.4, -0.2) is 56.3 Å². The highest BCUT2D eigenvalue weighted by Crippen LogP contribution is 2.30. The molecule has 0 aliphatic carbocycles. The number of amides is 1. The highest BCUT2D eigenvalue weighted by molar-refractivity contribution is 7.89. The zero-order chi connectivity index (χ0) is 22.8. The van der Waals surface area contributed by atoms with Gasteiger partial charge < -0.3 is 9.64 Å². The molecule has 10 heteroatoms. The molecule has 3 rings (SSSR count). The minimum Gasteiger partial charge on any atom is -0.483 e. The van der Waals surface area contributed by atoms with Crippen molar-refractivity contribution in [2.24, 2.45) is 0 Å². The summed E-state index contributed by atoms with van der Waals surface area (Å²) in [5.41, 5.74) is 0.922. The summed E-state index contributed by atoms with van der Waals surface area (Å²) < 4.78 is 70.4. The van der Waals surface area contributed by atoms with E-state index in [0.29, 0.717) is 5.75 Å². The molecule has 1 aliphatic rings. The Kier molecular flexibility index (Phi) is 6.61. The number of piperazine rings is 1. The first-order chi connectivity index (χ1) is 14.5. The molecule has 0 N–H and O–H groups in total. The van der Waals surface area contributed by atoms with Crippen LogP contribution in [0.2, 0.25) is 0 Å². The summed E-state index contributed by atoms with van der Waals surface area (Å²) in [6, 6.07) is 9.07. The van der Waals surface area contributed by atoms with Gasteiger partial charge in [-0.25, -0.2) is 8.42 Å². The Morgan fingerprint density at radius 3 is 2.03 bits per heavy atom. The number of carbonyl (C=O) groups excluding carboxylic acids is 1. The van der Waals surface area contributed by atoms with E-state index in [1.165, 1.54) is 9.21 Å². The fraction of sp³-hybridized carbons (Fsp3) is 0.381. The Hall–Kier alpha value is -2.59. The molecule has 2 aromatic carbocycles. The quantitative estimate of drug-likeness (QED) is 0.693. The van der Waals surface area contributed by atoms with Gasteiger partial charge >= 0.3 is 6.18 Å². The monoisotopic (exact) mass is 456 g/mol. The first kappa shape index (κ1) is 23.1. The van der Waals surface area contributed by atoms with E-state index < -0.39 is 21.8 Å². The van der Waals surface area contributed by atoms with Crippen molar-refractivity contribution in [2.75, 3.05) is 32.8 Å². The Morgan fingerprint density at radius 1 is 0.968 bits per heavy atom. The molecule has 31 heavy (non-hydrogen) atoms. The van der Waals surface area contributed by atoms with Gasteiger partial charge in [-0.05, 0) is 49.2 Å². The molecule has 2 aromatic rings. The molecule has 0 unspecified atom stereocenters. The van der Waals surface area contributed by atoms with E-state index in [0.717, 1.165) is 35.4 Å². The Bertz CT molecular complexity index is 1030. The summed E-state index contributed by atoms with van der Waals surface area (Å²) in [5.74, 6) is 0.397. The van der Waals surface area contributed by atoms with Crippen molar-refractivity contribution in [3.63, 3.8) is 0 Å². The zero-order valence-corrected chi connectivity index (χ0v) is 18.0. The minimum atomic E-state index is -4.53. The van der Waals surface area contributed by atoms with Crippen LogP contribution in [0, 0.1) is 13.8 Å². The molecule has 0 spiro atoms. The average Bonchev–Trinajstić information content (AvgIpc) is 2.73. The third kappa shape index (κ3) is 5.19. The number of ether oxygens (including phenoxy) is 1. The fourth-order valence-electron chi connectivity index (χ4n) is 3.39.